The van der Waals surface area contributed by atoms with Crippen LogP contribution >= 0.6 is 0 Å². The van der Waals surface area contributed by atoms with Crippen LogP contribution in [0.3, 0.4) is 0 Å². The molecule has 16 heavy (non-hydrogen) atoms. The first-order valence-corrected chi connectivity index (χ1v) is 5.40. The first-order chi connectivity index (χ1) is 7.72. The monoisotopic (exact) mass is 222 g/mol. The molecular weight excluding hydrogens is 208 g/mol. The Hall–Kier alpha value is -1.65. The van der Waals surface area contributed by atoms with Crippen LogP contribution in [-0.4, -0.2) is 28.8 Å². The van der Waals surface area contributed by atoms with Crippen LogP contribution in [0, 0.1) is 5.92 Å². The molecule has 0 amide bonds. The molecule has 1 heterocycles. The van der Waals surface area contributed by atoms with Gasteiger partial charge in [-0.1, -0.05) is 12.8 Å². The van der Waals surface area contributed by atoms with E-state index in [1.165, 1.54) is 24.1 Å². The van der Waals surface area contributed by atoms with Gasteiger partial charge in [-0.25, -0.2) is 9.48 Å². The number of hydrogen-bond donors (Lipinski definition) is 0. The van der Waals surface area contributed by atoms with Crippen LogP contribution in [0.15, 0.2) is 12.3 Å². The van der Waals surface area contributed by atoms with E-state index in [1.807, 2.05) is 0 Å². The zero-order chi connectivity index (χ0) is 11.5. The SMILES string of the molecule is COC(=O)c1ccn(C(=O)C2CCCC2)n1. The molecule has 0 aliphatic heterocycles. The van der Waals surface area contributed by atoms with Crippen molar-refractivity contribution in [2.75, 3.05) is 7.11 Å². The van der Waals surface area contributed by atoms with Crippen molar-refractivity contribution < 1.29 is 14.3 Å². The number of carbonyl (C=O) groups is 2. The lowest BCUT2D eigenvalue weighted by atomic mass is 10.1. The average Bonchev–Trinajstić information content (AvgIpc) is 2.97. The molecule has 0 atom stereocenters. The zero-order valence-corrected chi connectivity index (χ0v) is 9.18. The summed E-state index contributed by atoms with van der Waals surface area (Å²) in [5, 5.41) is 3.92. The molecule has 0 unspecified atom stereocenters. The van der Waals surface area contributed by atoms with Crippen molar-refractivity contribution in [3.63, 3.8) is 0 Å². The van der Waals surface area contributed by atoms with Crippen LogP contribution < -0.4 is 0 Å². The lowest BCUT2D eigenvalue weighted by Gasteiger charge is -2.06. The Labute approximate surface area is 93.4 Å². The van der Waals surface area contributed by atoms with Gasteiger partial charge in [0.25, 0.3) is 0 Å². The van der Waals surface area contributed by atoms with E-state index in [1.54, 1.807) is 0 Å². The van der Waals surface area contributed by atoms with Crippen LogP contribution in [0.5, 0.6) is 0 Å². The maximum atomic E-state index is 11.9. The van der Waals surface area contributed by atoms with E-state index in [0.717, 1.165) is 25.7 Å². The summed E-state index contributed by atoms with van der Waals surface area (Å²) in [6.07, 6.45) is 5.56. The standard InChI is InChI=1S/C11H14N2O3/c1-16-11(15)9-6-7-13(12-9)10(14)8-4-2-3-5-8/h6-8H,2-5H2,1H3. The van der Waals surface area contributed by atoms with Gasteiger partial charge in [0.2, 0.25) is 5.91 Å². The van der Waals surface area contributed by atoms with Gasteiger partial charge in [0, 0.05) is 12.1 Å². The number of esters is 1. The quantitative estimate of drug-likeness (QED) is 0.711. The predicted octanol–water partition coefficient (Wildman–Crippen LogP) is 1.50. The van der Waals surface area contributed by atoms with Gasteiger partial charge in [-0.3, -0.25) is 4.79 Å². The van der Waals surface area contributed by atoms with Crippen molar-refractivity contribution in [1.82, 2.24) is 9.78 Å². The molecule has 0 N–H and O–H groups in total. The fourth-order valence-electron chi connectivity index (χ4n) is 2.02. The Bertz CT molecular complexity index is 405. The summed E-state index contributed by atoms with van der Waals surface area (Å²) in [6.45, 7) is 0. The summed E-state index contributed by atoms with van der Waals surface area (Å²) >= 11 is 0. The highest BCUT2D eigenvalue weighted by Gasteiger charge is 2.25. The summed E-state index contributed by atoms with van der Waals surface area (Å²) in [5.74, 6) is -0.476. The Morgan fingerprint density at radius 2 is 2.12 bits per heavy atom. The third-order valence-electron chi connectivity index (χ3n) is 2.91. The van der Waals surface area contributed by atoms with E-state index >= 15 is 0 Å². The minimum Gasteiger partial charge on any atom is -0.464 e. The fourth-order valence-corrected chi connectivity index (χ4v) is 2.02. The summed E-state index contributed by atoms with van der Waals surface area (Å²) < 4.78 is 5.78. The molecule has 0 aromatic carbocycles. The minimum absolute atomic E-state index is 0.0207. The van der Waals surface area contributed by atoms with Crippen LogP contribution in [-0.2, 0) is 4.74 Å². The number of aromatic nitrogens is 2. The van der Waals surface area contributed by atoms with Crippen molar-refractivity contribution >= 4 is 11.9 Å². The van der Waals surface area contributed by atoms with Crippen molar-refractivity contribution in [2.45, 2.75) is 25.7 Å². The highest BCUT2D eigenvalue weighted by Crippen LogP contribution is 2.25. The Morgan fingerprint density at radius 3 is 2.75 bits per heavy atom. The number of nitrogens with zero attached hydrogens (tertiary/aromatic N) is 2. The summed E-state index contributed by atoms with van der Waals surface area (Å²) in [4.78, 5) is 23.1. The van der Waals surface area contributed by atoms with Gasteiger partial charge in [-0.15, -0.1) is 0 Å². The maximum Gasteiger partial charge on any atom is 0.358 e. The van der Waals surface area contributed by atoms with Gasteiger partial charge in [0.05, 0.1) is 7.11 Å². The molecule has 1 aliphatic carbocycles. The molecule has 5 nitrogen and oxygen atoms in total. The van der Waals surface area contributed by atoms with Crippen molar-refractivity contribution in [3.05, 3.63) is 18.0 Å². The molecule has 86 valence electrons. The molecule has 2 rings (SSSR count). The molecular formula is C11H14N2O3. The average molecular weight is 222 g/mol. The van der Waals surface area contributed by atoms with Gasteiger partial charge < -0.3 is 4.74 Å². The second kappa shape index (κ2) is 4.47. The predicted molar refractivity (Wildman–Crippen MR) is 56.2 cm³/mol. The summed E-state index contributed by atoms with van der Waals surface area (Å²) in [5.41, 5.74) is 0.175. The third-order valence-corrected chi connectivity index (χ3v) is 2.91. The highest BCUT2D eigenvalue weighted by atomic mass is 16.5. The second-order valence-corrected chi connectivity index (χ2v) is 3.96. The Balaban J connectivity index is 2.11. The number of rotatable bonds is 2. The highest BCUT2D eigenvalue weighted by molar-refractivity contribution is 5.88. The van der Waals surface area contributed by atoms with Crippen molar-refractivity contribution in [2.24, 2.45) is 5.92 Å². The maximum absolute atomic E-state index is 11.9. The second-order valence-electron chi connectivity index (χ2n) is 3.96. The van der Waals surface area contributed by atoms with E-state index in [0.29, 0.717) is 0 Å². The molecule has 1 aromatic rings. The van der Waals surface area contributed by atoms with Crippen LogP contribution in [0.1, 0.15) is 41.0 Å². The summed E-state index contributed by atoms with van der Waals surface area (Å²) in [6, 6.07) is 1.50. The number of methoxy groups -OCH3 is 1. The van der Waals surface area contributed by atoms with E-state index in [4.69, 9.17) is 0 Å². The number of ether oxygens (including phenoxy) is 1. The third kappa shape index (κ3) is 1.98. The van der Waals surface area contributed by atoms with Gasteiger partial charge in [0.15, 0.2) is 5.69 Å². The Morgan fingerprint density at radius 1 is 1.44 bits per heavy atom. The first kappa shape index (κ1) is 10.9. The lowest BCUT2D eigenvalue weighted by Crippen LogP contribution is -2.20. The normalized spacial score (nSPS) is 16.3. The van der Waals surface area contributed by atoms with Gasteiger partial charge in [-0.05, 0) is 18.9 Å². The van der Waals surface area contributed by atoms with Gasteiger partial charge in [-0.2, -0.15) is 5.10 Å². The van der Waals surface area contributed by atoms with E-state index < -0.39 is 5.97 Å². The zero-order valence-electron chi connectivity index (χ0n) is 9.18. The van der Waals surface area contributed by atoms with E-state index in [-0.39, 0.29) is 17.5 Å². The first-order valence-electron chi connectivity index (χ1n) is 5.40. The molecule has 0 radical (unpaired) electrons. The summed E-state index contributed by atoms with van der Waals surface area (Å²) in [7, 11) is 1.29. The van der Waals surface area contributed by atoms with Crippen molar-refractivity contribution in [3.8, 4) is 0 Å². The minimum atomic E-state index is -0.516. The number of carbonyl (C=O) groups excluding carboxylic acids is 2. The molecule has 1 aromatic heterocycles. The number of hydrogen-bond acceptors (Lipinski definition) is 4. The van der Waals surface area contributed by atoms with E-state index in [2.05, 4.69) is 9.84 Å². The molecule has 0 saturated heterocycles. The fraction of sp³-hybridized carbons (Fsp3) is 0.545. The van der Waals surface area contributed by atoms with Crippen LogP contribution in [0.2, 0.25) is 0 Å². The molecule has 1 fully saturated rings. The molecule has 1 aliphatic rings. The molecule has 5 heteroatoms. The molecule has 0 spiro atoms. The topological polar surface area (TPSA) is 61.2 Å². The largest absolute Gasteiger partial charge is 0.464 e. The Kier molecular flexibility index (Phi) is 3.03. The van der Waals surface area contributed by atoms with Crippen LogP contribution in [0.25, 0.3) is 0 Å². The van der Waals surface area contributed by atoms with E-state index in [9.17, 15) is 9.59 Å². The smallest absolute Gasteiger partial charge is 0.358 e. The molecule has 0 bridgehead atoms. The van der Waals surface area contributed by atoms with Gasteiger partial charge >= 0.3 is 5.97 Å². The van der Waals surface area contributed by atoms with Crippen LogP contribution in [0.4, 0.5) is 0 Å². The molecule has 1 saturated carbocycles. The lowest BCUT2D eigenvalue weighted by molar-refractivity contribution is 0.0593. The van der Waals surface area contributed by atoms with Crippen molar-refractivity contribution in [1.29, 1.82) is 0 Å². The van der Waals surface area contributed by atoms with Gasteiger partial charge in [0.1, 0.15) is 0 Å².